The summed E-state index contributed by atoms with van der Waals surface area (Å²) in [4.78, 5) is 29.1. The van der Waals surface area contributed by atoms with E-state index in [9.17, 15) is 4.79 Å². The SMILES string of the molecule is CNc1nc(Nc2cccc(CN3CCCC(c4ccccc4)C3)c2)nc2c1ncn2C(=O)NC1CCC1. The van der Waals surface area contributed by atoms with Crippen LogP contribution in [0.5, 0.6) is 0 Å². The van der Waals surface area contributed by atoms with Gasteiger partial charge < -0.3 is 16.0 Å². The molecule has 2 fully saturated rings. The van der Waals surface area contributed by atoms with Crippen molar-refractivity contribution in [1.29, 1.82) is 0 Å². The van der Waals surface area contributed by atoms with Gasteiger partial charge in [0.25, 0.3) is 0 Å². The smallest absolute Gasteiger partial charge is 0.328 e. The number of hydrogen-bond donors (Lipinski definition) is 3. The molecule has 9 heteroatoms. The van der Waals surface area contributed by atoms with Crippen LogP contribution in [0.15, 0.2) is 60.9 Å². The fourth-order valence-electron chi connectivity index (χ4n) is 5.41. The number of aromatic nitrogens is 4. The van der Waals surface area contributed by atoms with Crippen molar-refractivity contribution >= 4 is 34.6 Å². The Morgan fingerprint density at radius 2 is 1.89 bits per heavy atom. The van der Waals surface area contributed by atoms with Gasteiger partial charge in [-0.15, -0.1) is 0 Å². The number of hydrogen-bond acceptors (Lipinski definition) is 7. The molecule has 2 aromatic heterocycles. The van der Waals surface area contributed by atoms with Crippen LogP contribution < -0.4 is 16.0 Å². The Bertz CT molecular complexity index is 1410. The highest BCUT2D eigenvalue weighted by Crippen LogP contribution is 2.28. The number of carbonyl (C=O) groups excluding carboxylic acids is 1. The van der Waals surface area contributed by atoms with E-state index in [-0.39, 0.29) is 12.1 Å². The summed E-state index contributed by atoms with van der Waals surface area (Å²) in [7, 11) is 1.79. The van der Waals surface area contributed by atoms with Crippen LogP contribution in [0, 0.1) is 0 Å². The monoisotopic (exact) mass is 510 g/mol. The molecule has 3 N–H and O–H groups in total. The molecular formula is C29H34N8O. The van der Waals surface area contributed by atoms with E-state index in [1.54, 1.807) is 7.05 Å². The van der Waals surface area contributed by atoms with E-state index in [0.717, 1.165) is 44.6 Å². The maximum atomic E-state index is 12.8. The lowest BCUT2D eigenvalue weighted by molar-refractivity contribution is 0.200. The van der Waals surface area contributed by atoms with Crippen LogP contribution in [-0.2, 0) is 6.54 Å². The van der Waals surface area contributed by atoms with Gasteiger partial charge in [0, 0.05) is 31.9 Å². The molecule has 0 radical (unpaired) electrons. The number of carbonyl (C=O) groups is 1. The quantitative estimate of drug-likeness (QED) is 0.318. The van der Waals surface area contributed by atoms with Crippen molar-refractivity contribution in [3.8, 4) is 0 Å². The minimum absolute atomic E-state index is 0.207. The van der Waals surface area contributed by atoms with E-state index >= 15 is 0 Å². The topological polar surface area (TPSA) is 100 Å². The first kappa shape index (κ1) is 24.4. The highest BCUT2D eigenvalue weighted by molar-refractivity contribution is 5.92. The minimum atomic E-state index is -0.207. The second-order valence-electron chi connectivity index (χ2n) is 10.3. The number of likely N-dealkylation sites (tertiary alicyclic amines) is 1. The van der Waals surface area contributed by atoms with Crippen LogP contribution in [0.25, 0.3) is 11.2 Å². The van der Waals surface area contributed by atoms with Crippen molar-refractivity contribution in [2.24, 2.45) is 0 Å². The highest BCUT2D eigenvalue weighted by Gasteiger charge is 2.23. The molecule has 38 heavy (non-hydrogen) atoms. The van der Waals surface area contributed by atoms with Crippen molar-refractivity contribution in [1.82, 2.24) is 29.7 Å². The molecule has 6 rings (SSSR count). The van der Waals surface area contributed by atoms with E-state index in [0.29, 0.717) is 28.8 Å². The van der Waals surface area contributed by atoms with Gasteiger partial charge in [0.1, 0.15) is 6.33 Å². The number of rotatable bonds is 7. The summed E-state index contributed by atoms with van der Waals surface area (Å²) in [5, 5.41) is 9.49. The van der Waals surface area contributed by atoms with Crippen LogP contribution in [0.3, 0.4) is 0 Å². The zero-order chi connectivity index (χ0) is 25.9. The fraction of sp³-hybridized carbons (Fsp3) is 0.379. The summed E-state index contributed by atoms with van der Waals surface area (Å²) in [5.74, 6) is 1.57. The number of nitrogens with one attached hydrogen (secondary N) is 3. The predicted molar refractivity (Wildman–Crippen MR) is 150 cm³/mol. The highest BCUT2D eigenvalue weighted by atomic mass is 16.2. The summed E-state index contributed by atoms with van der Waals surface area (Å²) < 4.78 is 1.47. The van der Waals surface area contributed by atoms with Gasteiger partial charge in [0.05, 0.1) is 0 Å². The van der Waals surface area contributed by atoms with Gasteiger partial charge in [-0.25, -0.2) is 14.3 Å². The third kappa shape index (κ3) is 5.19. The fourth-order valence-corrected chi connectivity index (χ4v) is 5.41. The van der Waals surface area contributed by atoms with Crippen molar-refractivity contribution < 1.29 is 4.79 Å². The van der Waals surface area contributed by atoms with Crippen LogP contribution in [0.4, 0.5) is 22.2 Å². The number of anilines is 3. The zero-order valence-corrected chi connectivity index (χ0v) is 21.7. The summed E-state index contributed by atoms with van der Waals surface area (Å²) in [6.07, 6.45) is 7.15. The largest absolute Gasteiger partial charge is 0.371 e. The van der Waals surface area contributed by atoms with Crippen molar-refractivity contribution in [2.45, 2.75) is 50.6 Å². The van der Waals surface area contributed by atoms with Gasteiger partial charge in [0.15, 0.2) is 17.0 Å². The van der Waals surface area contributed by atoms with Gasteiger partial charge in [0.2, 0.25) is 5.95 Å². The summed E-state index contributed by atoms with van der Waals surface area (Å²) in [5.41, 5.74) is 4.61. The minimum Gasteiger partial charge on any atom is -0.371 e. The van der Waals surface area contributed by atoms with Gasteiger partial charge in [-0.1, -0.05) is 42.5 Å². The molecule has 3 heterocycles. The third-order valence-corrected chi connectivity index (χ3v) is 7.65. The molecule has 1 aliphatic heterocycles. The number of piperidine rings is 1. The van der Waals surface area contributed by atoms with Crippen LogP contribution in [0.2, 0.25) is 0 Å². The molecule has 1 saturated carbocycles. The maximum Gasteiger partial charge on any atom is 0.328 e. The molecule has 1 saturated heterocycles. The molecule has 0 bridgehead atoms. The molecule has 9 nitrogen and oxygen atoms in total. The predicted octanol–water partition coefficient (Wildman–Crippen LogP) is 5.10. The first-order valence-electron chi connectivity index (χ1n) is 13.5. The Morgan fingerprint density at radius 3 is 2.68 bits per heavy atom. The van der Waals surface area contributed by atoms with Gasteiger partial charge in [-0.05, 0) is 67.8 Å². The number of nitrogens with zero attached hydrogens (tertiary/aromatic N) is 5. The number of fused-ring (bicyclic) bond motifs is 1. The van der Waals surface area contributed by atoms with Crippen LogP contribution in [0.1, 0.15) is 49.1 Å². The molecule has 4 aromatic rings. The maximum absolute atomic E-state index is 12.8. The number of imidazole rings is 1. The van der Waals surface area contributed by atoms with E-state index < -0.39 is 0 Å². The first-order valence-corrected chi connectivity index (χ1v) is 13.5. The molecule has 0 spiro atoms. The number of amides is 1. The average molecular weight is 511 g/mol. The Kier molecular flexibility index (Phi) is 6.92. The van der Waals surface area contributed by atoms with Gasteiger partial charge >= 0.3 is 6.03 Å². The van der Waals surface area contributed by atoms with E-state index in [1.807, 2.05) is 6.07 Å². The Hall–Kier alpha value is -3.98. The van der Waals surface area contributed by atoms with Crippen molar-refractivity contribution in [2.75, 3.05) is 30.8 Å². The van der Waals surface area contributed by atoms with E-state index in [2.05, 4.69) is 84.3 Å². The second-order valence-corrected chi connectivity index (χ2v) is 10.3. The summed E-state index contributed by atoms with van der Waals surface area (Å²) >= 11 is 0. The molecule has 196 valence electrons. The van der Waals surface area contributed by atoms with Crippen LogP contribution in [-0.4, -0.2) is 56.6 Å². The normalized spacial score (nSPS) is 18.2. The molecule has 2 aliphatic rings. The summed E-state index contributed by atoms with van der Waals surface area (Å²) in [6.45, 7) is 3.08. The lowest BCUT2D eigenvalue weighted by Crippen LogP contribution is -2.41. The Balaban J connectivity index is 1.18. The van der Waals surface area contributed by atoms with Crippen molar-refractivity contribution in [3.05, 3.63) is 72.1 Å². The average Bonchev–Trinajstić information content (AvgIpc) is 3.35. The van der Waals surface area contributed by atoms with E-state index in [4.69, 9.17) is 0 Å². The molecule has 1 unspecified atom stereocenters. The van der Waals surface area contributed by atoms with E-state index in [1.165, 1.54) is 34.9 Å². The van der Waals surface area contributed by atoms with Gasteiger partial charge in [-0.3, -0.25) is 4.90 Å². The summed E-state index contributed by atoms with van der Waals surface area (Å²) in [6, 6.07) is 19.3. The molecule has 1 amide bonds. The second kappa shape index (κ2) is 10.8. The lowest BCUT2D eigenvalue weighted by Gasteiger charge is -2.33. The third-order valence-electron chi connectivity index (χ3n) is 7.65. The Labute approximate surface area is 222 Å². The molecule has 1 aliphatic carbocycles. The standard InChI is InChI=1S/C29H34N8O/c1-30-26-25-27(37(19-31-25)29(38)33-23-12-6-13-23)35-28(34-26)32-24-14-5-8-20(16-24)17-36-15-7-11-22(18-36)21-9-3-2-4-10-21/h2-5,8-10,14,16,19,22-23H,6-7,11-13,15,17-18H2,1H3,(H,33,38)(H2,30,32,34,35). The lowest BCUT2D eigenvalue weighted by atomic mass is 9.90. The molecule has 2 aromatic carbocycles. The Morgan fingerprint density at radius 1 is 1.03 bits per heavy atom. The van der Waals surface area contributed by atoms with Crippen molar-refractivity contribution in [3.63, 3.8) is 0 Å². The molecule has 1 atom stereocenters. The van der Waals surface area contributed by atoms with Gasteiger partial charge in [-0.2, -0.15) is 9.97 Å². The zero-order valence-electron chi connectivity index (χ0n) is 21.7. The van der Waals surface area contributed by atoms with Crippen LogP contribution >= 0.6 is 0 Å². The molecular weight excluding hydrogens is 476 g/mol. The first-order chi connectivity index (χ1) is 18.7. The number of benzene rings is 2.